The summed E-state index contributed by atoms with van der Waals surface area (Å²) in [5.74, 6) is 1.91. The number of hydrogen-bond donors (Lipinski definition) is 1. The molecule has 3 aromatic heterocycles. The summed E-state index contributed by atoms with van der Waals surface area (Å²) in [5, 5.41) is 5.38. The van der Waals surface area contributed by atoms with Crippen molar-refractivity contribution in [1.82, 2.24) is 29.7 Å². The third-order valence-corrected chi connectivity index (χ3v) is 4.51. The lowest BCUT2D eigenvalue weighted by atomic mass is 10.2. The van der Waals surface area contributed by atoms with Crippen LogP contribution < -0.4 is 4.74 Å². The number of nitrogens with one attached hydrogen (secondary N) is 1. The smallest absolute Gasteiger partial charge is 0.197 e. The molecule has 1 aromatic carbocycles. The minimum Gasteiger partial charge on any atom is -0.493 e. The Hall–Kier alpha value is -2.64. The molecule has 152 valence electrons. The summed E-state index contributed by atoms with van der Waals surface area (Å²) in [6.45, 7) is 7.45. The van der Waals surface area contributed by atoms with Gasteiger partial charge in [-0.3, -0.25) is 4.68 Å². The number of aryl methyl sites for hydroxylation is 1. The zero-order chi connectivity index (χ0) is 19.7. The largest absolute Gasteiger partial charge is 0.493 e. The van der Waals surface area contributed by atoms with Crippen LogP contribution in [0.15, 0.2) is 36.7 Å². The van der Waals surface area contributed by atoms with Crippen LogP contribution in [-0.2, 0) is 6.54 Å². The van der Waals surface area contributed by atoms with E-state index < -0.39 is 0 Å². The first-order valence-electron chi connectivity index (χ1n) is 9.12. The Balaban J connectivity index is 0.00000240. The van der Waals surface area contributed by atoms with E-state index in [1.165, 1.54) is 0 Å². The Kier molecular flexibility index (Phi) is 6.39. The van der Waals surface area contributed by atoms with Crippen molar-refractivity contribution in [2.45, 2.75) is 27.3 Å². The van der Waals surface area contributed by atoms with Gasteiger partial charge in [0.05, 0.1) is 13.2 Å². The molecule has 9 heteroatoms. The molecule has 7 nitrogen and oxygen atoms in total. The van der Waals surface area contributed by atoms with Gasteiger partial charge < -0.3 is 9.72 Å². The van der Waals surface area contributed by atoms with Crippen LogP contribution in [0.1, 0.15) is 25.1 Å². The predicted octanol–water partition coefficient (Wildman–Crippen LogP) is 4.68. The van der Waals surface area contributed by atoms with E-state index in [1.54, 1.807) is 12.4 Å². The zero-order valence-electron chi connectivity index (χ0n) is 16.4. The number of benzene rings is 1. The summed E-state index contributed by atoms with van der Waals surface area (Å²) in [4.78, 5) is 16.1. The van der Waals surface area contributed by atoms with Crippen molar-refractivity contribution < 1.29 is 4.74 Å². The molecule has 0 saturated carbocycles. The molecule has 0 fully saturated rings. The second-order valence-corrected chi connectivity index (χ2v) is 7.54. The fourth-order valence-corrected chi connectivity index (χ4v) is 3.08. The highest BCUT2D eigenvalue weighted by molar-refractivity contribution is 6.30. The number of rotatable bonds is 6. The lowest BCUT2D eigenvalue weighted by molar-refractivity contribution is 0.268. The molecule has 0 amide bonds. The summed E-state index contributed by atoms with van der Waals surface area (Å²) in [6.07, 6.45) is 3.25. The quantitative estimate of drug-likeness (QED) is 0.478. The number of ether oxygens (including phenoxy) is 1. The van der Waals surface area contributed by atoms with Gasteiger partial charge in [-0.2, -0.15) is 5.10 Å². The fraction of sp³-hybridized carbons (Fsp3) is 0.300. The average Bonchev–Trinajstić information content (AvgIpc) is 3.24. The average molecular weight is 433 g/mol. The highest BCUT2D eigenvalue weighted by Crippen LogP contribution is 2.26. The third-order valence-electron chi connectivity index (χ3n) is 4.27. The lowest BCUT2D eigenvalue weighted by Gasteiger charge is -2.14. The van der Waals surface area contributed by atoms with Crippen molar-refractivity contribution in [3.63, 3.8) is 0 Å². The maximum absolute atomic E-state index is 6.22. The predicted molar refractivity (Wildman–Crippen MR) is 116 cm³/mol. The minimum absolute atomic E-state index is 0. The van der Waals surface area contributed by atoms with Gasteiger partial charge in [0.1, 0.15) is 11.4 Å². The van der Waals surface area contributed by atoms with Crippen molar-refractivity contribution >= 4 is 35.3 Å². The SMILES string of the molecule is Cc1cc(-c2nc3nccnc3[nH]2)nn1Cc1cc(Cl)ccc1OCC(C)C.Cl. The van der Waals surface area contributed by atoms with E-state index in [0.717, 1.165) is 22.7 Å². The summed E-state index contributed by atoms with van der Waals surface area (Å²) in [5.41, 5.74) is 3.95. The second-order valence-electron chi connectivity index (χ2n) is 7.10. The van der Waals surface area contributed by atoms with Crippen molar-refractivity contribution in [3.05, 3.63) is 52.9 Å². The normalized spacial score (nSPS) is 11.1. The molecule has 3 heterocycles. The molecule has 4 rings (SSSR count). The third kappa shape index (κ3) is 4.68. The molecule has 0 bridgehead atoms. The van der Waals surface area contributed by atoms with E-state index in [-0.39, 0.29) is 12.4 Å². The van der Waals surface area contributed by atoms with Gasteiger partial charge in [-0.25, -0.2) is 15.0 Å². The van der Waals surface area contributed by atoms with E-state index in [0.29, 0.717) is 41.2 Å². The standard InChI is InChI=1S/C20H21ClN6O.ClH/c1-12(2)11-28-17-5-4-15(21)9-14(17)10-27-13(3)8-16(26-27)18-24-19-20(25-18)23-7-6-22-19;/h4-9,12H,10-11H2,1-3H3,(H,22,23,24,25);1H. The molecule has 1 N–H and O–H groups in total. The molecule has 4 aromatic rings. The second kappa shape index (κ2) is 8.80. The molecule has 0 aliphatic rings. The highest BCUT2D eigenvalue weighted by Gasteiger charge is 2.14. The Labute approximate surface area is 179 Å². The van der Waals surface area contributed by atoms with Crippen LogP contribution in [0.2, 0.25) is 5.02 Å². The van der Waals surface area contributed by atoms with Crippen molar-refractivity contribution in [1.29, 1.82) is 0 Å². The summed E-state index contributed by atoms with van der Waals surface area (Å²) in [7, 11) is 0. The van der Waals surface area contributed by atoms with Gasteiger partial charge in [0.15, 0.2) is 17.1 Å². The van der Waals surface area contributed by atoms with Gasteiger partial charge in [0.2, 0.25) is 0 Å². The number of aromatic amines is 1. The van der Waals surface area contributed by atoms with Gasteiger partial charge in [0.25, 0.3) is 0 Å². The molecule has 29 heavy (non-hydrogen) atoms. The molecule has 0 radical (unpaired) electrons. The maximum atomic E-state index is 6.22. The van der Waals surface area contributed by atoms with Crippen LogP contribution in [-0.4, -0.2) is 36.3 Å². The Morgan fingerprint density at radius 3 is 2.72 bits per heavy atom. The van der Waals surface area contributed by atoms with Gasteiger partial charge in [0, 0.05) is 28.7 Å². The number of nitrogens with zero attached hydrogens (tertiary/aromatic N) is 5. The lowest BCUT2D eigenvalue weighted by Crippen LogP contribution is -2.09. The minimum atomic E-state index is 0. The fourth-order valence-electron chi connectivity index (χ4n) is 2.88. The highest BCUT2D eigenvalue weighted by atomic mass is 35.5. The van der Waals surface area contributed by atoms with E-state index in [2.05, 4.69) is 33.8 Å². The van der Waals surface area contributed by atoms with E-state index in [4.69, 9.17) is 21.4 Å². The van der Waals surface area contributed by atoms with Crippen LogP contribution in [0.5, 0.6) is 5.75 Å². The van der Waals surface area contributed by atoms with E-state index in [1.807, 2.05) is 35.9 Å². The van der Waals surface area contributed by atoms with Crippen LogP contribution in [0.4, 0.5) is 0 Å². The number of halogens is 2. The van der Waals surface area contributed by atoms with Crippen LogP contribution >= 0.6 is 24.0 Å². The number of hydrogen-bond acceptors (Lipinski definition) is 5. The summed E-state index contributed by atoms with van der Waals surface area (Å²) in [6, 6.07) is 7.66. The van der Waals surface area contributed by atoms with Crippen LogP contribution in [0, 0.1) is 12.8 Å². The van der Waals surface area contributed by atoms with E-state index >= 15 is 0 Å². The number of imidazole rings is 1. The van der Waals surface area contributed by atoms with Gasteiger partial charge in [-0.1, -0.05) is 25.4 Å². The number of aromatic nitrogens is 6. The van der Waals surface area contributed by atoms with Crippen LogP contribution in [0.3, 0.4) is 0 Å². The van der Waals surface area contributed by atoms with E-state index in [9.17, 15) is 0 Å². The maximum Gasteiger partial charge on any atom is 0.197 e. The summed E-state index contributed by atoms with van der Waals surface area (Å²) < 4.78 is 7.88. The number of H-pyrrole nitrogens is 1. The Morgan fingerprint density at radius 2 is 1.97 bits per heavy atom. The monoisotopic (exact) mass is 432 g/mol. The Morgan fingerprint density at radius 1 is 1.17 bits per heavy atom. The molecule has 0 saturated heterocycles. The molecule has 0 unspecified atom stereocenters. The molecular weight excluding hydrogens is 411 g/mol. The molecule has 0 aliphatic carbocycles. The molecule has 0 atom stereocenters. The topological polar surface area (TPSA) is 81.5 Å². The Bertz CT molecular complexity index is 1090. The van der Waals surface area contributed by atoms with Crippen molar-refractivity contribution in [2.75, 3.05) is 6.61 Å². The van der Waals surface area contributed by atoms with Gasteiger partial charge >= 0.3 is 0 Å². The number of fused-ring (bicyclic) bond motifs is 1. The van der Waals surface area contributed by atoms with Crippen LogP contribution in [0.25, 0.3) is 22.8 Å². The van der Waals surface area contributed by atoms with Gasteiger partial charge in [-0.05, 0) is 37.1 Å². The molecule has 0 spiro atoms. The first kappa shape index (κ1) is 21.1. The van der Waals surface area contributed by atoms with Crippen molar-refractivity contribution in [3.8, 4) is 17.3 Å². The zero-order valence-corrected chi connectivity index (χ0v) is 18.0. The first-order chi connectivity index (χ1) is 13.5. The first-order valence-corrected chi connectivity index (χ1v) is 9.50. The van der Waals surface area contributed by atoms with Crippen molar-refractivity contribution in [2.24, 2.45) is 5.92 Å². The molecule has 0 aliphatic heterocycles. The van der Waals surface area contributed by atoms with Gasteiger partial charge in [-0.15, -0.1) is 12.4 Å². The summed E-state index contributed by atoms with van der Waals surface area (Å²) >= 11 is 6.22. The molecular formula is C20H22Cl2N6O.